The normalized spacial score (nSPS) is 19.2. The van der Waals surface area contributed by atoms with Gasteiger partial charge in [0.1, 0.15) is 17.1 Å². The lowest BCUT2D eigenvalue weighted by atomic mass is 9.81. The number of aromatic amines is 1. The van der Waals surface area contributed by atoms with Crippen LogP contribution in [-0.4, -0.2) is 46.7 Å². The van der Waals surface area contributed by atoms with Crippen molar-refractivity contribution in [1.29, 1.82) is 0 Å². The van der Waals surface area contributed by atoms with E-state index in [9.17, 15) is 0 Å². The molecule has 1 saturated heterocycles. The number of ether oxygens (including phenoxy) is 1. The van der Waals surface area contributed by atoms with Crippen LogP contribution in [0.2, 0.25) is 5.15 Å². The number of H-pyrrole nitrogens is 1. The Morgan fingerprint density at radius 3 is 2.86 bits per heavy atom. The molecule has 1 aliphatic rings. The van der Waals surface area contributed by atoms with Gasteiger partial charge in [0, 0.05) is 19.9 Å². The number of hydrogen-bond donors (Lipinski definition) is 1. The van der Waals surface area contributed by atoms with Crippen LogP contribution >= 0.6 is 11.6 Å². The molecule has 1 fully saturated rings. The number of fused-ring (bicyclic) bond motifs is 1. The standard InChI is InChI=1S/C15H21ClN4O/c1-15(9-21-2)3-5-20(6-4-15)8-11-7-17-14-12(11)13(16)18-10-19-14/h7,10H,3-6,8-9H2,1-2H3,(H,17,18,19). The van der Waals surface area contributed by atoms with Crippen molar-refractivity contribution >= 4 is 22.6 Å². The maximum atomic E-state index is 6.20. The summed E-state index contributed by atoms with van der Waals surface area (Å²) in [4.78, 5) is 13.9. The Morgan fingerprint density at radius 2 is 2.14 bits per heavy atom. The van der Waals surface area contributed by atoms with Crippen LogP contribution in [0.5, 0.6) is 0 Å². The molecule has 3 rings (SSSR count). The molecular weight excluding hydrogens is 288 g/mol. The molecule has 0 amide bonds. The molecule has 114 valence electrons. The number of nitrogens with zero attached hydrogens (tertiary/aromatic N) is 3. The molecule has 0 aromatic carbocycles. The third kappa shape index (κ3) is 3.05. The average molecular weight is 309 g/mol. The van der Waals surface area contributed by atoms with Crippen LogP contribution in [-0.2, 0) is 11.3 Å². The van der Waals surface area contributed by atoms with Crippen molar-refractivity contribution in [3.8, 4) is 0 Å². The van der Waals surface area contributed by atoms with Gasteiger partial charge in [0.05, 0.1) is 12.0 Å². The third-order valence-electron chi connectivity index (χ3n) is 4.46. The van der Waals surface area contributed by atoms with Crippen molar-refractivity contribution < 1.29 is 4.74 Å². The van der Waals surface area contributed by atoms with E-state index >= 15 is 0 Å². The molecule has 5 nitrogen and oxygen atoms in total. The molecule has 0 radical (unpaired) electrons. The Hall–Kier alpha value is -1.17. The molecule has 0 aliphatic carbocycles. The molecule has 0 atom stereocenters. The first kappa shape index (κ1) is 14.8. The maximum Gasteiger partial charge on any atom is 0.142 e. The van der Waals surface area contributed by atoms with Crippen molar-refractivity contribution in [1.82, 2.24) is 19.9 Å². The summed E-state index contributed by atoms with van der Waals surface area (Å²) in [6, 6.07) is 0. The molecule has 1 aliphatic heterocycles. The van der Waals surface area contributed by atoms with E-state index < -0.39 is 0 Å². The minimum Gasteiger partial charge on any atom is -0.384 e. The SMILES string of the molecule is COCC1(C)CCN(Cc2c[nH]c3ncnc(Cl)c23)CC1. The molecular formula is C15H21ClN4O. The predicted octanol–water partition coefficient (Wildman–Crippen LogP) is 2.86. The van der Waals surface area contributed by atoms with E-state index in [1.54, 1.807) is 7.11 Å². The first-order chi connectivity index (χ1) is 10.1. The lowest BCUT2D eigenvalue weighted by molar-refractivity contribution is 0.0323. The highest BCUT2D eigenvalue weighted by Crippen LogP contribution is 2.32. The summed E-state index contributed by atoms with van der Waals surface area (Å²) in [7, 11) is 1.78. The molecule has 3 heterocycles. The molecule has 0 unspecified atom stereocenters. The average Bonchev–Trinajstić information content (AvgIpc) is 2.86. The van der Waals surface area contributed by atoms with Gasteiger partial charge in [-0.3, -0.25) is 4.90 Å². The van der Waals surface area contributed by atoms with E-state index in [-0.39, 0.29) is 0 Å². The second-order valence-electron chi connectivity index (χ2n) is 6.22. The topological polar surface area (TPSA) is 54.0 Å². The molecule has 21 heavy (non-hydrogen) atoms. The van der Waals surface area contributed by atoms with Crippen LogP contribution in [0.4, 0.5) is 0 Å². The Kier molecular flexibility index (Phi) is 4.15. The largest absolute Gasteiger partial charge is 0.384 e. The lowest BCUT2D eigenvalue weighted by Gasteiger charge is -2.38. The van der Waals surface area contributed by atoms with Gasteiger partial charge in [-0.05, 0) is 36.9 Å². The van der Waals surface area contributed by atoms with E-state index in [4.69, 9.17) is 16.3 Å². The second-order valence-corrected chi connectivity index (χ2v) is 6.58. The van der Waals surface area contributed by atoms with E-state index in [0.29, 0.717) is 10.6 Å². The number of rotatable bonds is 4. The number of piperidine rings is 1. The van der Waals surface area contributed by atoms with E-state index in [2.05, 4.69) is 26.8 Å². The second kappa shape index (κ2) is 5.91. The molecule has 6 heteroatoms. The molecule has 2 aromatic rings. The van der Waals surface area contributed by atoms with E-state index in [0.717, 1.165) is 50.1 Å². The van der Waals surface area contributed by atoms with Crippen LogP contribution in [0.3, 0.4) is 0 Å². The van der Waals surface area contributed by atoms with Crippen molar-refractivity contribution in [2.45, 2.75) is 26.3 Å². The van der Waals surface area contributed by atoms with Crippen LogP contribution in [0.25, 0.3) is 11.0 Å². The van der Waals surface area contributed by atoms with E-state index in [1.807, 2.05) is 6.20 Å². The number of likely N-dealkylation sites (tertiary alicyclic amines) is 1. The van der Waals surface area contributed by atoms with Crippen molar-refractivity contribution in [3.63, 3.8) is 0 Å². The fourth-order valence-corrected chi connectivity index (χ4v) is 3.35. The van der Waals surface area contributed by atoms with Gasteiger partial charge in [-0.2, -0.15) is 0 Å². The Bertz CT molecular complexity index is 619. The van der Waals surface area contributed by atoms with Crippen LogP contribution in [0.15, 0.2) is 12.5 Å². The predicted molar refractivity (Wildman–Crippen MR) is 83.4 cm³/mol. The summed E-state index contributed by atoms with van der Waals surface area (Å²) in [5.41, 5.74) is 2.30. The highest BCUT2D eigenvalue weighted by Gasteiger charge is 2.30. The maximum absolute atomic E-state index is 6.20. The van der Waals surface area contributed by atoms with Gasteiger partial charge in [0.2, 0.25) is 0 Å². The van der Waals surface area contributed by atoms with E-state index in [1.165, 1.54) is 11.9 Å². The highest BCUT2D eigenvalue weighted by molar-refractivity contribution is 6.34. The summed E-state index contributed by atoms with van der Waals surface area (Å²) in [5.74, 6) is 0. The monoisotopic (exact) mass is 308 g/mol. The summed E-state index contributed by atoms with van der Waals surface area (Å²) >= 11 is 6.20. The van der Waals surface area contributed by atoms with Gasteiger partial charge < -0.3 is 9.72 Å². The molecule has 0 saturated carbocycles. The fraction of sp³-hybridized carbons (Fsp3) is 0.600. The number of halogens is 1. The molecule has 2 aromatic heterocycles. The van der Waals surface area contributed by atoms with Gasteiger partial charge >= 0.3 is 0 Å². The minimum absolute atomic E-state index is 0.312. The smallest absolute Gasteiger partial charge is 0.142 e. The molecule has 1 N–H and O–H groups in total. The number of hydrogen-bond acceptors (Lipinski definition) is 4. The highest BCUT2D eigenvalue weighted by atomic mass is 35.5. The Balaban J connectivity index is 1.70. The van der Waals surface area contributed by atoms with Gasteiger partial charge in [-0.25, -0.2) is 9.97 Å². The lowest BCUT2D eigenvalue weighted by Crippen LogP contribution is -2.40. The minimum atomic E-state index is 0.312. The first-order valence-electron chi connectivity index (χ1n) is 7.29. The van der Waals surface area contributed by atoms with Gasteiger partial charge in [-0.1, -0.05) is 18.5 Å². The Labute approximate surface area is 129 Å². The molecule has 0 spiro atoms. The summed E-state index contributed by atoms with van der Waals surface area (Å²) < 4.78 is 5.34. The fourth-order valence-electron chi connectivity index (χ4n) is 3.10. The van der Waals surface area contributed by atoms with Crippen LogP contribution in [0, 0.1) is 5.41 Å². The summed E-state index contributed by atoms with van der Waals surface area (Å²) in [5, 5.41) is 1.47. The van der Waals surface area contributed by atoms with Gasteiger partial charge in [0.15, 0.2) is 0 Å². The quantitative estimate of drug-likeness (QED) is 0.883. The van der Waals surface area contributed by atoms with Gasteiger partial charge in [0.25, 0.3) is 0 Å². The number of aromatic nitrogens is 3. The Morgan fingerprint density at radius 1 is 1.38 bits per heavy atom. The van der Waals surface area contributed by atoms with Crippen LogP contribution in [0.1, 0.15) is 25.3 Å². The summed E-state index contributed by atoms with van der Waals surface area (Å²) in [6.45, 7) is 6.20. The van der Waals surface area contributed by atoms with Crippen molar-refractivity contribution in [2.75, 3.05) is 26.8 Å². The van der Waals surface area contributed by atoms with Crippen molar-refractivity contribution in [2.24, 2.45) is 5.41 Å². The number of nitrogens with one attached hydrogen (secondary N) is 1. The zero-order chi connectivity index (χ0) is 14.9. The van der Waals surface area contributed by atoms with Crippen molar-refractivity contribution in [3.05, 3.63) is 23.2 Å². The van der Waals surface area contributed by atoms with Crippen LogP contribution < -0.4 is 0 Å². The molecule has 0 bridgehead atoms. The zero-order valence-electron chi connectivity index (χ0n) is 12.5. The summed E-state index contributed by atoms with van der Waals surface area (Å²) in [6.07, 6.45) is 5.80. The third-order valence-corrected chi connectivity index (χ3v) is 4.74. The van der Waals surface area contributed by atoms with Gasteiger partial charge in [-0.15, -0.1) is 0 Å². The first-order valence-corrected chi connectivity index (χ1v) is 7.67. The number of methoxy groups -OCH3 is 1. The zero-order valence-corrected chi connectivity index (χ0v) is 13.3.